The summed E-state index contributed by atoms with van der Waals surface area (Å²) >= 11 is 0.843. The second-order valence-electron chi connectivity index (χ2n) is 2.09. The average molecular weight is 216 g/mol. The summed E-state index contributed by atoms with van der Waals surface area (Å²) in [5.41, 5.74) is 5.17. The molecule has 0 fully saturated rings. The Labute approximate surface area is 78.4 Å². The zero-order valence-electron chi connectivity index (χ0n) is 6.25. The molecular weight excluding hydrogens is 208 g/mol. The van der Waals surface area contributed by atoms with Crippen LogP contribution >= 0.6 is 23.7 Å². The molecule has 0 bridgehead atoms. The third-order valence-corrected chi connectivity index (χ3v) is 2.13. The number of hydrogen-bond donors (Lipinski definition) is 1. The van der Waals surface area contributed by atoms with Crippen molar-refractivity contribution in [2.45, 2.75) is 19.4 Å². The molecule has 0 saturated heterocycles. The van der Waals surface area contributed by atoms with Crippen molar-refractivity contribution in [2.24, 2.45) is 5.73 Å². The van der Waals surface area contributed by atoms with Gasteiger partial charge in [0.2, 0.25) is 0 Å². The molecule has 7 heteroatoms. The van der Waals surface area contributed by atoms with Crippen LogP contribution in [-0.2, 0) is 12.5 Å². The van der Waals surface area contributed by atoms with E-state index in [2.05, 4.69) is 10.2 Å². The van der Waals surface area contributed by atoms with Gasteiger partial charge in [-0.2, -0.15) is 8.78 Å². The summed E-state index contributed by atoms with van der Waals surface area (Å²) in [6.45, 7) is 0.946. The van der Waals surface area contributed by atoms with Gasteiger partial charge < -0.3 is 5.73 Å². The first-order valence-corrected chi connectivity index (χ1v) is 3.76. The zero-order chi connectivity index (χ0) is 8.48. The van der Waals surface area contributed by atoms with Gasteiger partial charge in [-0.25, -0.2) is 0 Å². The highest BCUT2D eigenvalue weighted by molar-refractivity contribution is 7.11. The molecule has 0 aliphatic heterocycles. The van der Waals surface area contributed by atoms with E-state index in [-0.39, 0.29) is 24.0 Å². The van der Waals surface area contributed by atoms with Gasteiger partial charge in [0.15, 0.2) is 5.01 Å². The van der Waals surface area contributed by atoms with Gasteiger partial charge in [0, 0.05) is 13.5 Å². The topological polar surface area (TPSA) is 51.8 Å². The minimum absolute atomic E-state index is 0. The maximum absolute atomic E-state index is 12.5. The molecule has 1 heterocycles. The van der Waals surface area contributed by atoms with E-state index in [1.807, 2.05) is 0 Å². The summed E-state index contributed by atoms with van der Waals surface area (Å²) in [6.07, 6.45) is 0. The van der Waals surface area contributed by atoms with E-state index in [1.165, 1.54) is 0 Å². The molecule has 0 aromatic carbocycles. The summed E-state index contributed by atoms with van der Waals surface area (Å²) in [7, 11) is 0. The van der Waals surface area contributed by atoms with Gasteiger partial charge in [-0.15, -0.1) is 22.6 Å². The van der Waals surface area contributed by atoms with Crippen LogP contribution in [0, 0.1) is 0 Å². The monoisotopic (exact) mass is 215 g/mol. The summed E-state index contributed by atoms with van der Waals surface area (Å²) in [5.74, 6) is -2.90. The van der Waals surface area contributed by atoms with Crippen molar-refractivity contribution in [1.29, 1.82) is 0 Å². The van der Waals surface area contributed by atoms with Crippen LogP contribution in [0.1, 0.15) is 16.9 Å². The largest absolute Gasteiger partial charge is 0.324 e. The second kappa shape index (κ2) is 4.06. The maximum atomic E-state index is 12.5. The number of nitrogens with two attached hydrogens (primary N) is 1. The Bertz CT molecular complexity index is 247. The van der Waals surface area contributed by atoms with E-state index in [4.69, 9.17) is 5.73 Å². The molecule has 12 heavy (non-hydrogen) atoms. The standard InChI is InChI=1S/C5H7F2N3S.ClH/c1-5(6,7)4-10-9-3(2-8)11-4;/h2,8H2,1H3;1H. The summed E-state index contributed by atoms with van der Waals surface area (Å²) in [6, 6.07) is 0. The molecule has 3 nitrogen and oxygen atoms in total. The number of hydrogen-bond acceptors (Lipinski definition) is 4. The molecule has 0 radical (unpaired) electrons. The van der Waals surface area contributed by atoms with E-state index in [1.54, 1.807) is 0 Å². The number of nitrogens with zero attached hydrogens (tertiary/aromatic N) is 2. The van der Waals surface area contributed by atoms with Gasteiger partial charge >= 0.3 is 0 Å². The van der Waals surface area contributed by atoms with Crippen LogP contribution in [0.2, 0.25) is 0 Å². The third kappa shape index (κ3) is 2.62. The minimum atomic E-state index is -2.90. The lowest BCUT2D eigenvalue weighted by atomic mass is 10.4. The Hall–Kier alpha value is -0.330. The average Bonchev–Trinajstić information content (AvgIpc) is 2.32. The quantitative estimate of drug-likeness (QED) is 0.814. The zero-order valence-corrected chi connectivity index (χ0v) is 7.88. The molecule has 1 aromatic rings. The Morgan fingerprint density at radius 3 is 2.33 bits per heavy atom. The molecule has 0 saturated carbocycles. The lowest BCUT2D eigenvalue weighted by Crippen LogP contribution is -2.05. The van der Waals surface area contributed by atoms with Crippen LogP contribution in [0.5, 0.6) is 0 Å². The van der Waals surface area contributed by atoms with Crippen LogP contribution in [0.15, 0.2) is 0 Å². The van der Waals surface area contributed by atoms with E-state index < -0.39 is 5.92 Å². The molecule has 1 rings (SSSR count). The van der Waals surface area contributed by atoms with Crippen LogP contribution in [0.3, 0.4) is 0 Å². The summed E-state index contributed by atoms with van der Waals surface area (Å²) in [5, 5.41) is 6.91. The van der Waals surface area contributed by atoms with E-state index >= 15 is 0 Å². The van der Waals surface area contributed by atoms with Crippen molar-refractivity contribution in [3.05, 3.63) is 10.0 Å². The fraction of sp³-hybridized carbons (Fsp3) is 0.600. The highest BCUT2D eigenvalue weighted by Gasteiger charge is 2.29. The predicted molar refractivity (Wildman–Crippen MR) is 44.6 cm³/mol. The highest BCUT2D eigenvalue weighted by atomic mass is 35.5. The SMILES string of the molecule is CC(F)(F)c1nnc(CN)s1.Cl. The molecule has 0 spiro atoms. The third-order valence-electron chi connectivity index (χ3n) is 1.02. The van der Waals surface area contributed by atoms with E-state index in [0.717, 1.165) is 18.3 Å². The van der Waals surface area contributed by atoms with Gasteiger partial charge in [-0.05, 0) is 0 Å². The van der Waals surface area contributed by atoms with Gasteiger partial charge in [0.1, 0.15) is 5.01 Å². The van der Waals surface area contributed by atoms with Crippen LogP contribution < -0.4 is 5.73 Å². The van der Waals surface area contributed by atoms with Gasteiger partial charge in [-0.3, -0.25) is 0 Å². The number of halogens is 3. The van der Waals surface area contributed by atoms with Crippen molar-refractivity contribution in [3.8, 4) is 0 Å². The Morgan fingerprint density at radius 1 is 1.50 bits per heavy atom. The molecule has 0 atom stereocenters. The van der Waals surface area contributed by atoms with Crippen molar-refractivity contribution < 1.29 is 8.78 Å². The summed E-state index contributed by atoms with van der Waals surface area (Å²) in [4.78, 5) is 0. The number of rotatable bonds is 2. The van der Waals surface area contributed by atoms with Crippen molar-refractivity contribution in [1.82, 2.24) is 10.2 Å². The van der Waals surface area contributed by atoms with Crippen molar-refractivity contribution >= 4 is 23.7 Å². The molecule has 0 unspecified atom stereocenters. The predicted octanol–water partition coefficient (Wildman–Crippen LogP) is 1.53. The van der Waals surface area contributed by atoms with Crippen molar-refractivity contribution in [2.75, 3.05) is 0 Å². The maximum Gasteiger partial charge on any atom is 0.298 e. The first-order chi connectivity index (χ1) is 5.04. The Kier molecular flexibility index (Phi) is 3.95. The lowest BCUT2D eigenvalue weighted by Gasteiger charge is -2.02. The Balaban J connectivity index is 0.00000121. The van der Waals surface area contributed by atoms with Crippen LogP contribution in [-0.4, -0.2) is 10.2 Å². The molecule has 0 amide bonds. The smallest absolute Gasteiger partial charge is 0.298 e. The Morgan fingerprint density at radius 2 is 2.08 bits per heavy atom. The first kappa shape index (κ1) is 11.7. The number of alkyl halides is 2. The van der Waals surface area contributed by atoms with E-state index in [9.17, 15) is 8.78 Å². The van der Waals surface area contributed by atoms with Gasteiger partial charge in [0.05, 0.1) is 0 Å². The number of aromatic nitrogens is 2. The molecular formula is C5H8ClF2N3S. The fourth-order valence-corrected chi connectivity index (χ4v) is 1.16. The fourth-order valence-electron chi connectivity index (χ4n) is 0.513. The normalized spacial score (nSPS) is 11.0. The lowest BCUT2D eigenvalue weighted by molar-refractivity contribution is 0.0165. The highest BCUT2D eigenvalue weighted by Crippen LogP contribution is 2.28. The second-order valence-corrected chi connectivity index (χ2v) is 3.16. The van der Waals surface area contributed by atoms with Crippen LogP contribution in [0.4, 0.5) is 8.78 Å². The van der Waals surface area contributed by atoms with Crippen LogP contribution in [0.25, 0.3) is 0 Å². The molecule has 0 aliphatic carbocycles. The first-order valence-electron chi connectivity index (χ1n) is 2.95. The molecule has 0 aliphatic rings. The van der Waals surface area contributed by atoms with Gasteiger partial charge in [-0.1, -0.05) is 11.3 Å². The molecule has 1 aromatic heterocycles. The summed E-state index contributed by atoms with van der Waals surface area (Å²) < 4.78 is 24.9. The van der Waals surface area contributed by atoms with E-state index in [0.29, 0.717) is 5.01 Å². The van der Waals surface area contributed by atoms with Gasteiger partial charge in [0.25, 0.3) is 5.92 Å². The minimum Gasteiger partial charge on any atom is -0.324 e. The molecule has 2 N–H and O–H groups in total. The molecule has 70 valence electrons. The van der Waals surface area contributed by atoms with Crippen molar-refractivity contribution in [3.63, 3.8) is 0 Å².